The molecule has 52 valence electrons. The van der Waals surface area contributed by atoms with Crippen LogP contribution >= 0.6 is 8.38 Å². The molecule has 0 aromatic carbocycles. The van der Waals surface area contributed by atoms with Crippen LogP contribution in [0.15, 0.2) is 0 Å². The Bertz CT molecular complexity index is 111. The van der Waals surface area contributed by atoms with E-state index in [4.69, 9.17) is 9.05 Å². The van der Waals surface area contributed by atoms with E-state index in [0.29, 0.717) is 0 Å². The molecule has 0 saturated carbocycles. The van der Waals surface area contributed by atoms with E-state index < -0.39 is 8.38 Å². The van der Waals surface area contributed by atoms with Crippen molar-refractivity contribution >= 4 is 8.38 Å². The van der Waals surface area contributed by atoms with Crippen molar-refractivity contribution in [2.45, 2.75) is 0 Å². The van der Waals surface area contributed by atoms with Gasteiger partial charge in [-0.2, -0.15) is 0 Å². The third-order valence-corrected chi connectivity index (χ3v) is 1.51. The molecule has 0 aliphatic rings. The van der Waals surface area contributed by atoms with Gasteiger partial charge in [0.15, 0.2) is 0 Å². The summed E-state index contributed by atoms with van der Waals surface area (Å²) < 4.78 is 14.1. The van der Waals surface area contributed by atoms with Gasteiger partial charge in [0.1, 0.15) is 6.11 Å². The van der Waals surface area contributed by atoms with Gasteiger partial charge in [0.05, 0.1) is 7.11 Å². The normalized spacial score (nSPS) is 8.44. The highest BCUT2D eigenvalue weighted by Gasteiger charge is 1.98. The predicted octanol–water partition coefficient (Wildman–Crippen LogP) is 1.16. The molecule has 0 amide bonds. The molecule has 3 nitrogen and oxygen atoms in total. The number of hydrogen-bond acceptors (Lipinski definition) is 3. The highest BCUT2D eigenvalue weighted by atomic mass is 31.2. The first-order valence-electron chi connectivity index (χ1n) is 2.27. The first kappa shape index (κ1) is 8.71. The Kier molecular flexibility index (Phi) is 5.65. The quantitative estimate of drug-likeness (QED) is 0.434. The zero-order chi connectivity index (χ0) is 7.11. The molecule has 4 heteroatoms. The van der Waals surface area contributed by atoms with Crippen LogP contribution in [0.2, 0.25) is 0 Å². The molecular formula is C5H9O3P. The van der Waals surface area contributed by atoms with Gasteiger partial charge in [-0.3, -0.25) is 0 Å². The van der Waals surface area contributed by atoms with Crippen LogP contribution in [0.4, 0.5) is 0 Å². The van der Waals surface area contributed by atoms with Crippen LogP contribution in [-0.2, 0) is 13.8 Å². The van der Waals surface area contributed by atoms with Crippen LogP contribution < -0.4 is 0 Å². The van der Waals surface area contributed by atoms with Crippen LogP contribution in [0.25, 0.3) is 0 Å². The summed E-state index contributed by atoms with van der Waals surface area (Å²) >= 11 is 0. The minimum Gasteiger partial charge on any atom is -0.450 e. The SMILES string of the molecule is COC#CP(OC)OC. The molecule has 0 spiro atoms. The summed E-state index contributed by atoms with van der Waals surface area (Å²) in [5.74, 6) is 0. The minimum atomic E-state index is -1.05. The molecular weight excluding hydrogens is 139 g/mol. The van der Waals surface area contributed by atoms with Crippen molar-refractivity contribution in [3.05, 3.63) is 0 Å². The molecule has 0 fully saturated rings. The third-order valence-electron chi connectivity index (χ3n) is 0.571. The smallest absolute Gasteiger partial charge is 0.259 e. The van der Waals surface area contributed by atoms with Crippen molar-refractivity contribution in [3.63, 3.8) is 0 Å². The molecule has 0 aromatic rings. The summed E-state index contributed by atoms with van der Waals surface area (Å²) in [5, 5.41) is 0. The van der Waals surface area contributed by atoms with E-state index >= 15 is 0 Å². The summed E-state index contributed by atoms with van der Waals surface area (Å²) in [4.78, 5) is 0. The average Bonchev–Trinajstić information content (AvgIpc) is 1.91. The van der Waals surface area contributed by atoms with E-state index in [1.165, 1.54) is 7.11 Å². The summed E-state index contributed by atoms with van der Waals surface area (Å²) in [7, 11) is 3.53. The molecule has 0 aliphatic carbocycles. The van der Waals surface area contributed by atoms with E-state index in [-0.39, 0.29) is 0 Å². The summed E-state index contributed by atoms with van der Waals surface area (Å²) in [6, 6.07) is 0. The van der Waals surface area contributed by atoms with Crippen molar-refractivity contribution in [2.24, 2.45) is 0 Å². The number of rotatable bonds is 2. The van der Waals surface area contributed by atoms with Crippen LogP contribution in [0.1, 0.15) is 0 Å². The van der Waals surface area contributed by atoms with Crippen molar-refractivity contribution in [1.29, 1.82) is 0 Å². The van der Waals surface area contributed by atoms with Gasteiger partial charge in [-0.15, -0.1) is 0 Å². The molecule has 0 aliphatic heterocycles. The molecule has 0 rings (SSSR count). The van der Waals surface area contributed by atoms with Gasteiger partial charge in [0, 0.05) is 19.9 Å². The van der Waals surface area contributed by atoms with Gasteiger partial charge in [-0.1, -0.05) is 0 Å². The zero-order valence-electron chi connectivity index (χ0n) is 5.67. The Balaban J connectivity index is 3.54. The van der Waals surface area contributed by atoms with Crippen LogP contribution in [-0.4, -0.2) is 21.3 Å². The number of ether oxygens (including phenoxy) is 1. The van der Waals surface area contributed by atoms with E-state index in [1.54, 1.807) is 14.2 Å². The first-order chi connectivity index (χ1) is 4.35. The van der Waals surface area contributed by atoms with E-state index in [0.717, 1.165) is 0 Å². The number of methoxy groups -OCH3 is 1. The molecule has 9 heavy (non-hydrogen) atoms. The maximum absolute atomic E-state index is 4.79. The topological polar surface area (TPSA) is 27.7 Å². The van der Waals surface area contributed by atoms with E-state index in [2.05, 4.69) is 16.5 Å². The van der Waals surface area contributed by atoms with Gasteiger partial charge in [-0.05, 0) is 0 Å². The molecule has 0 heterocycles. The molecule has 0 saturated heterocycles. The largest absolute Gasteiger partial charge is 0.450 e. The molecule has 0 aromatic heterocycles. The Labute approximate surface area is 56.2 Å². The highest BCUT2D eigenvalue weighted by Crippen LogP contribution is 2.33. The van der Waals surface area contributed by atoms with Gasteiger partial charge >= 0.3 is 0 Å². The van der Waals surface area contributed by atoms with Crippen LogP contribution in [0.5, 0.6) is 0 Å². The Morgan fingerprint density at radius 2 is 1.67 bits per heavy atom. The fraction of sp³-hybridized carbons (Fsp3) is 0.600. The predicted molar refractivity (Wildman–Crippen MR) is 35.7 cm³/mol. The van der Waals surface area contributed by atoms with Gasteiger partial charge < -0.3 is 13.8 Å². The Morgan fingerprint density at radius 1 is 1.11 bits per heavy atom. The van der Waals surface area contributed by atoms with Crippen molar-refractivity contribution in [1.82, 2.24) is 0 Å². The zero-order valence-corrected chi connectivity index (χ0v) is 6.57. The average molecular weight is 148 g/mol. The lowest BCUT2D eigenvalue weighted by Gasteiger charge is -2.00. The summed E-state index contributed by atoms with van der Waals surface area (Å²) in [6.07, 6.45) is 2.38. The van der Waals surface area contributed by atoms with Gasteiger partial charge in [0.25, 0.3) is 8.38 Å². The van der Waals surface area contributed by atoms with Crippen LogP contribution in [0, 0.1) is 11.8 Å². The second kappa shape index (κ2) is 5.84. The molecule has 0 radical (unpaired) electrons. The number of hydrogen-bond donors (Lipinski definition) is 0. The second-order valence-electron chi connectivity index (χ2n) is 1.04. The lowest BCUT2D eigenvalue weighted by molar-refractivity contribution is 0.348. The lowest BCUT2D eigenvalue weighted by atomic mass is 11.3. The molecule has 0 atom stereocenters. The second-order valence-corrected chi connectivity index (χ2v) is 2.51. The molecule has 0 N–H and O–H groups in total. The monoisotopic (exact) mass is 148 g/mol. The summed E-state index contributed by atoms with van der Waals surface area (Å²) in [5.41, 5.74) is 2.62. The van der Waals surface area contributed by atoms with E-state index in [9.17, 15) is 0 Å². The van der Waals surface area contributed by atoms with Crippen LogP contribution in [0.3, 0.4) is 0 Å². The highest BCUT2D eigenvalue weighted by molar-refractivity contribution is 7.52. The lowest BCUT2D eigenvalue weighted by Crippen LogP contribution is -1.76. The minimum absolute atomic E-state index is 1.05. The van der Waals surface area contributed by atoms with Crippen molar-refractivity contribution in [2.75, 3.05) is 21.3 Å². The standard InChI is InChI=1S/C5H9O3P/c1-6-4-5-9(7-2)8-3/h1-3H3. The van der Waals surface area contributed by atoms with Crippen molar-refractivity contribution in [3.8, 4) is 11.8 Å². The third kappa shape index (κ3) is 4.23. The maximum Gasteiger partial charge on any atom is 0.259 e. The van der Waals surface area contributed by atoms with Gasteiger partial charge in [-0.25, -0.2) is 0 Å². The Morgan fingerprint density at radius 3 is 2.00 bits per heavy atom. The van der Waals surface area contributed by atoms with Crippen molar-refractivity contribution < 1.29 is 13.8 Å². The molecule has 0 bridgehead atoms. The fourth-order valence-electron chi connectivity index (χ4n) is 0.249. The maximum atomic E-state index is 4.79. The molecule has 0 unspecified atom stereocenters. The summed E-state index contributed by atoms with van der Waals surface area (Å²) in [6.45, 7) is 0. The van der Waals surface area contributed by atoms with Gasteiger partial charge in [0.2, 0.25) is 0 Å². The Hall–Kier alpha value is -0.290. The van der Waals surface area contributed by atoms with E-state index in [1.807, 2.05) is 0 Å². The first-order valence-corrected chi connectivity index (χ1v) is 3.45. The fourth-order valence-corrected chi connectivity index (χ4v) is 0.746.